The fourth-order valence-electron chi connectivity index (χ4n) is 5.00. The number of hydrogen-bond acceptors (Lipinski definition) is 4. The average Bonchev–Trinajstić information content (AvgIpc) is 2.92. The summed E-state index contributed by atoms with van der Waals surface area (Å²) >= 11 is 0. The number of hydrogen-bond donors (Lipinski definition) is 1. The van der Waals surface area contributed by atoms with Gasteiger partial charge in [0.25, 0.3) is 0 Å². The zero-order chi connectivity index (χ0) is 28.2. The summed E-state index contributed by atoms with van der Waals surface area (Å²) in [7, 11) is 1.47. The molecule has 0 unspecified atom stereocenters. The second kappa shape index (κ2) is 12.0. The maximum atomic E-state index is 15.7. The van der Waals surface area contributed by atoms with Crippen molar-refractivity contribution in [1.29, 1.82) is 0 Å². The fourth-order valence-corrected chi connectivity index (χ4v) is 5.00. The molecule has 0 spiro atoms. The van der Waals surface area contributed by atoms with Crippen LogP contribution in [-0.2, 0) is 11.5 Å². The van der Waals surface area contributed by atoms with E-state index >= 15 is 4.39 Å². The van der Waals surface area contributed by atoms with Gasteiger partial charge in [0, 0.05) is 47.9 Å². The lowest BCUT2D eigenvalue weighted by molar-refractivity contribution is -0.152. The number of halogens is 5. The fraction of sp³-hybridized carbons (Fsp3) is 0.379. The number of fused-ring (bicyclic) bond motifs is 1. The Morgan fingerprint density at radius 1 is 1.18 bits per heavy atom. The molecule has 0 saturated carbocycles. The van der Waals surface area contributed by atoms with Gasteiger partial charge >= 0.3 is 5.97 Å². The molecule has 1 aliphatic rings. The quantitative estimate of drug-likeness (QED) is 0.272. The average molecular weight is 547 g/mol. The highest BCUT2D eigenvalue weighted by Gasteiger charge is 2.41. The number of nitrogens with zero attached hydrogens (tertiary/aromatic N) is 2. The number of aromatic nitrogens is 1. The van der Waals surface area contributed by atoms with E-state index in [1.165, 1.54) is 13.3 Å². The SMILES string of the molecule is COc1ccc2ncc(CF)c([C@@H](F)CCC3(C(=O)O)CCN(CC#Cc4c(F)cc(F)cc4F)CC3)c2c1. The number of piperidine rings is 1. The zero-order valence-electron chi connectivity index (χ0n) is 21.2. The molecule has 39 heavy (non-hydrogen) atoms. The first-order valence-corrected chi connectivity index (χ1v) is 12.4. The number of carboxylic acid groups (broad SMARTS) is 1. The van der Waals surface area contributed by atoms with Crippen LogP contribution in [0, 0.1) is 34.7 Å². The molecule has 1 aliphatic heterocycles. The van der Waals surface area contributed by atoms with Gasteiger partial charge in [-0.2, -0.15) is 0 Å². The van der Waals surface area contributed by atoms with E-state index in [0.29, 0.717) is 41.9 Å². The summed E-state index contributed by atoms with van der Waals surface area (Å²) in [6, 6.07) is 6.03. The van der Waals surface area contributed by atoms with Crippen LogP contribution in [0.3, 0.4) is 0 Å². The van der Waals surface area contributed by atoms with Crippen LogP contribution in [0.2, 0.25) is 0 Å². The molecular weight excluding hydrogens is 519 g/mol. The number of carboxylic acids is 1. The number of likely N-dealkylation sites (tertiary alicyclic amines) is 1. The van der Waals surface area contributed by atoms with Gasteiger partial charge in [0.1, 0.15) is 36.0 Å². The molecule has 1 N–H and O–H groups in total. The normalized spacial score (nSPS) is 15.9. The predicted molar refractivity (Wildman–Crippen MR) is 135 cm³/mol. The van der Waals surface area contributed by atoms with E-state index in [0.717, 1.165) is 0 Å². The van der Waals surface area contributed by atoms with Gasteiger partial charge in [-0.15, -0.1) is 0 Å². The Hall–Kier alpha value is -3.71. The van der Waals surface area contributed by atoms with Crippen molar-refractivity contribution in [2.24, 2.45) is 5.41 Å². The Morgan fingerprint density at radius 2 is 1.87 bits per heavy atom. The Kier molecular flexibility index (Phi) is 8.70. The van der Waals surface area contributed by atoms with Gasteiger partial charge in [-0.05, 0) is 43.9 Å². The maximum Gasteiger partial charge on any atom is 0.309 e. The van der Waals surface area contributed by atoms with Crippen molar-refractivity contribution in [3.8, 4) is 17.6 Å². The van der Waals surface area contributed by atoms with Crippen molar-refractivity contribution in [1.82, 2.24) is 9.88 Å². The van der Waals surface area contributed by atoms with Crippen LogP contribution < -0.4 is 4.74 Å². The molecule has 2 heterocycles. The minimum absolute atomic E-state index is 0.0362. The summed E-state index contributed by atoms with van der Waals surface area (Å²) in [5, 5.41) is 10.5. The van der Waals surface area contributed by atoms with E-state index in [9.17, 15) is 27.5 Å². The van der Waals surface area contributed by atoms with Crippen LogP contribution in [-0.4, -0.2) is 47.7 Å². The van der Waals surface area contributed by atoms with Crippen molar-refractivity contribution < 1.29 is 36.6 Å². The molecule has 1 saturated heterocycles. The van der Waals surface area contributed by atoms with Gasteiger partial charge in [-0.3, -0.25) is 14.7 Å². The second-order valence-electron chi connectivity index (χ2n) is 9.63. The third-order valence-corrected chi connectivity index (χ3v) is 7.32. The molecule has 3 aromatic rings. The van der Waals surface area contributed by atoms with Gasteiger partial charge in [-0.1, -0.05) is 11.8 Å². The lowest BCUT2D eigenvalue weighted by atomic mass is 9.74. The molecule has 1 aromatic heterocycles. The smallest absolute Gasteiger partial charge is 0.309 e. The number of aliphatic carboxylic acids is 1. The van der Waals surface area contributed by atoms with E-state index in [1.54, 1.807) is 18.2 Å². The Labute approximate surface area is 222 Å². The first-order valence-electron chi connectivity index (χ1n) is 12.4. The number of pyridine rings is 1. The van der Waals surface area contributed by atoms with Crippen molar-refractivity contribution in [3.63, 3.8) is 0 Å². The maximum absolute atomic E-state index is 15.7. The van der Waals surface area contributed by atoms with Crippen molar-refractivity contribution in [2.75, 3.05) is 26.7 Å². The minimum Gasteiger partial charge on any atom is -0.497 e. The van der Waals surface area contributed by atoms with Crippen molar-refractivity contribution in [3.05, 3.63) is 70.7 Å². The highest BCUT2D eigenvalue weighted by molar-refractivity contribution is 5.85. The summed E-state index contributed by atoms with van der Waals surface area (Å²) in [6.07, 6.45) is 0.0299. The molecule has 0 aliphatic carbocycles. The molecule has 2 aromatic carbocycles. The number of alkyl halides is 2. The summed E-state index contributed by atoms with van der Waals surface area (Å²) in [6.45, 7) is -0.126. The van der Waals surface area contributed by atoms with Crippen LogP contribution in [0.5, 0.6) is 5.75 Å². The molecule has 4 rings (SSSR count). The molecule has 0 amide bonds. The largest absolute Gasteiger partial charge is 0.497 e. The molecule has 1 fully saturated rings. The van der Waals surface area contributed by atoms with E-state index in [-0.39, 0.29) is 43.4 Å². The van der Waals surface area contributed by atoms with Gasteiger partial charge in [0.2, 0.25) is 0 Å². The lowest BCUT2D eigenvalue weighted by Crippen LogP contribution is -2.44. The van der Waals surface area contributed by atoms with Gasteiger partial charge in [0.15, 0.2) is 0 Å². The lowest BCUT2D eigenvalue weighted by Gasteiger charge is -2.38. The second-order valence-corrected chi connectivity index (χ2v) is 9.63. The first-order chi connectivity index (χ1) is 18.7. The number of methoxy groups -OCH3 is 1. The third-order valence-electron chi connectivity index (χ3n) is 7.32. The van der Waals surface area contributed by atoms with Crippen LogP contribution in [0.4, 0.5) is 22.0 Å². The number of ether oxygens (including phenoxy) is 1. The Balaban J connectivity index is 1.44. The van der Waals surface area contributed by atoms with E-state index < -0.39 is 47.2 Å². The molecule has 206 valence electrons. The first kappa shape index (κ1) is 28.3. The summed E-state index contributed by atoms with van der Waals surface area (Å²) < 4.78 is 75.3. The summed E-state index contributed by atoms with van der Waals surface area (Å²) in [5.74, 6) is 1.23. The van der Waals surface area contributed by atoms with Gasteiger partial charge in [-0.25, -0.2) is 22.0 Å². The van der Waals surface area contributed by atoms with E-state index in [1.807, 2.05) is 4.90 Å². The van der Waals surface area contributed by atoms with Crippen LogP contribution in [0.1, 0.15) is 48.5 Å². The Morgan fingerprint density at radius 3 is 2.49 bits per heavy atom. The van der Waals surface area contributed by atoms with E-state index in [4.69, 9.17) is 4.74 Å². The van der Waals surface area contributed by atoms with Crippen LogP contribution in [0.15, 0.2) is 36.5 Å². The molecule has 0 bridgehead atoms. The predicted octanol–water partition coefficient (Wildman–Crippen LogP) is 6.14. The van der Waals surface area contributed by atoms with Crippen LogP contribution >= 0.6 is 0 Å². The molecule has 1 atom stereocenters. The monoisotopic (exact) mass is 546 g/mol. The minimum atomic E-state index is -1.62. The molecule has 0 radical (unpaired) electrons. The van der Waals surface area contributed by atoms with Crippen LogP contribution in [0.25, 0.3) is 10.9 Å². The standard InChI is InChI=1S/C29H27F5N2O3/c1-39-20-4-5-26-22(15-20)27(18(16-30)17-35-26)23(32)6-7-29(28(37)38)8-11-36(12-9-29)10-2-3-21-24(33)13-19(31)14-25(21)34/h4-5,13-15,17,23H,6-12,16H2,1H3,(H,37,38)/t23-/m0/s1. The van der Waals surface area contributed by atoms with Gasteiger partial charge < -0.3 is 9.84 Å². The number of benzene rings is 2. The van der Waals surface area contributed by atoms with Crippen molar-refractivity contribution >= 4 is 16.9 Å². The topological polar surface area (TPSA) is 62.7 Å². The third kappa shape index (κ3) is 6.14. The summed E-state index contributed by atoms with van der Waals surface area (Å²) in [5.41, 5.74) is -0.977. The highest BCUT2D eigenvalue weighted by atomic mass is 19.2. The number of carbonyl (C=O) groups is 1. The van der Waals surface area contributed by atoms with Gasteiger partial charge in [0.05, 0.1) is 30.1 Å². The zero-order valence-corrected chi connectivity index (χ0v) is 21.2. The molecule has 10 heteroatoms. The van der Waals surface area contributed by atoms with E-state index in [2.05, 4.69) is 16.8 Å². The number of rotatable bonds is 8. The van der Waals surface area contributed by atoms with Crippen molar-refractivity contribution in [2.45, 2.75) is 38.5 Å². The highest BCUT2D eigenvalue weighted by Crippen LogP contribution is 2.41. The summed E-state index contributed by atoms with van der Waals surface area (Å²) in [4.78, 5) is 18.3. The molecule has 5 nitrogen and oxygen atoms in total. The Bertz CT molecular complexity index is 1400. The molecular formula is C29H27F5N2O3.